The number of ether oxygens (including phenoxy) is 1. The average Bonchev–Trinajstić information content (AvgIpc) is 2.96. The van der Waals surface area contributed by atoms with Crippen LogP contribution in [0.3, 0.4) is 0 Å². The topological polar surface area (TPSA) is 66.8 Å². The molecular weight excluding hydrogens is 318 g/mol. The number of nitrogens with zero attached hydrogens (tertiary/aromatic N) is 1. The zero-order valence-corrected chi connectivity index (χ0v) is 14.8. The van der Waals surface area contributed by atoms with Gasteiger partial charge in [-0.25, -0.2) is 9.59 Å². The van der Waals surface area contributed by atoms with Crippen LogP contribution in [-0.4, -0.2) is 41.8 Å². The van der Waals surface area contributed by atoms with Crippen LogP contribution in [0, 0.1) is 6.92 Å². The molecule has 1 aromatic rings. The number of aromatic carboxylic acids is 1. The summed E-state index contributed by atoms with van der Waals surface area (Å²) in [5, 5.41) is 9.43. The zero-order chi connectivity index (χ0) is 17.9. The summed E-state index contributed by atoms with van der Waals surface area (Å²) >= 11 is 0. The highest BCUT2D eigenvalue weighted by molar-refractivity contribution is 5.97. The molecule has 0 saturated carbocycles. The average molecular weight is 347 g/mol. The van der Waals surface area contributed by atoms with Crippen molar-refractivity contribution in [2.24, 2.45) is 0 Å². The third-order valence-corrected chi connectivity index (χ3v) is 4.44. The maximum absolute atomic E-state index is 11.9. The number of amides is 1. The molecule has 0 atom stereocenters. The second-order valence-electron chi connectivity index (χ2n) is 5.72. The van der Waals surface area contributed by atoms with E-state index in [0.29, 0.717) is 31.7 Å². The van der Waals surface area contributed by atoms with Gasteiger partial charge in [0.25, 0.3) is 0 Å². The van der Waals surface area contributed by atoms with Crippen LogP contribution in [0.1, 0.15) is 61.7 Å². The summed E-state index contributed by atoms with van der Waals surface area (Å²) in [6, 6.07) is 3.55. The third kappa shape index (κ3) is 3.86. The molecule has 0 spiro atoms. The van der Waals surface area contributed by atoms with Crippen molar-refractivity contribution in [3.8, 4) is 0 Å². The lowest BCUT2D eigenvalue weighted by atomic mass is 9.93. The van der Waals surface area contributed by atoms with E-state index in [1.807, 2.05) is 26.8 Å². The molecule has 2 aliphatic rings. The van der Waals surface area contributed by atoms with Crippen LogP contribution in [0.2, 0.25) is 0 Å². The Bertz CT molecular complexity index is 691. The van der Waals surface area contributed by atoms with Crippen LogP contribution in [0.5, 0.6) is 0 Å². The van der Waals surface area contributed by atoms with E-state index in [-0.39, 0.29) is 13.5 Å². The summed E-state index contributed by atoms with van der Waals surface area (Å²) in [6.45, 7) is 9.27. The Hall–Kier alpha value is -2.30. The molecule has 1 aliphatic carbocycles. The van der Waals surface area contributed by atoms with E-state index in [4.69, 9.17) is 4.74 Å². The molecule has 0 fully saturated rings. The Morgan fingerprint density at radius 2 is 1.96 bits per heavy atom. The van der Waals surface area contributed by atoms with E-state index in [9.17, 15) is 14.7 Å². The number of aryl methyl sites for hydroxylation is 1. The van der Waals surface area contributed by atoms with Gasteiger partial charge in [0.1, 0.15) is 0 Å². The van der Waals surface area contributed by atoms with Crippen LogP contribution in [0.25, 0.3) is 5.57 Å². The Labute approximate surface area is 150 Å². The van der Waals surface area contributed by atoms with Gasteiger partial charge in [-0.05, 0) is 60.6 Å². The molecule has 0 aromatic heterocycles. The monoisotopic (exact) mass is 347 g/mol. The van der Waals surface area contributed by atoms with E-state index in [1.54, 1.807) is 17.9 Å². The first-order valence-corrected chi connectivity index (χ1v) is 8.51. The van der Waals surface area contributed by atoms with Crippen LogP contribution in [0.4, 0.5) is 4.79 Å². The van der Waals surface area contributed by atoms with E-state index in [0.717, 1.165) is 34.3 Å². The smallest absolute Gasteiger partial charge is 0.410 e. The zero-order valence-electron chi connectivity index (χ0n) is 14.8. The first kappa shape index (κ1) is 20.7. The van der Waals surface area contributed by atoms with Crippen molar-refractivity contribution >= 4 is 17.6 Å². The standard InChI is InChI=1S/C17H19NO4.C2H6.CH4/c1-3-22-17(21)18-7-6-12-11(9-18)8-14-10(2)4-5-13(15(12)14)16(19)20;1-2;/h4-5H,3,6-9H2,1-2H3,(H,19,20);1-2H3;1H4. The second-order valence-corrected chi connectivity index (χ2v) is 5.72. The SMILES string of the molecule is C.CC.CCOC(=O)N1CCC2=C(Cc3c(C)ccc(C(=O)O)c32)C1. The van der Waals surface area contributed by atoms with Gasteiger partial charge in [-0.3, -0.25) is 0 Å². The van der Waals surface area contributed by atoms with Gasteiger partial charge in [0.05, 0.1) is 12.2 Å². The molecule has 0 unspecified atom stereocenters. The Morgan fingerprint density at radius 3 is 2.56 bits per heavy atom. The summed E-state index contributed by atoms with van der Waals surface area (Å²) in [4.78, 5) is 25.1. The van der Waals surface area contributed by atoms with Crippen molar-refractivity contribution in [2.45, 2.75) is 48.0 Å². The van der Waals surface area contributed by atoms with Gasteiger partial charge in [-0.1, -0.05) is 27.3 Å². The highest BCUT2D eigenvalue weighted by atomic mass is 16.6. The van der Waals surface area contributed by atoms with Crippen molar-refractivity contribution < 1.29 is 19.4 Å². The Balaban J connectivity index is 0.00000101. The largest absolute Gasteiger partial charge is 0.478 e. The predicted octanol–water partition coefficient (Wildman–Crippen LogP) is 4.53. The number of carbonyl (C=O) groups is 2. The Kier molecular flexibility index (Phi) is 7.22. The minimum Gasteiger partial charge on any atom is -0.478 e. The number of hydrogen-bond acceptors (Lipinski definition) is 3. The van der Waals surface area contributed by atoms with Gasteiger partial charge in [-0.15, -0.1) is 0 Å². The van der Waals surface area contributed by atoms with Gasteiger partial charge in [0, 0.05) is 13.1 Å². The molecule has 1 N–H and O–H groups in total. The predicted molar refractivity (Wildman–Crippen MR) is 100 cm³/mol. The number of carboxylic acids is 1. The van der Waals surface area contributed by atoms with E-state index in [2.05, 4.69) is 0 Å². The minimum absolute atomic E-state index is 0. The number of carboxylic acid groups (broad SMARTS) is 1. The fourth-order valence-electron chi connectivity index (χ4n) is 3.38. The maximum Gasteiger partial charge on any atom is 0.410 e. The first-order chi connectivity index (χ1) is 11.5. The molecule has 25 heavy (non-hydrogen) atoms. The molecule has 5 heteroatoms. The number of rotatable bonds is 2. The number of benzene rings is 1. The lowest BCUT2D eigenvalue weighted by Crippen LogP contribution is -2.36. The van der Waals surface area contributed by atoms with Crippen molar-refractivity contribution in [1.82, 2.24) is 4.90 Å². The molecule has 138 valence electrons. The van der Waals surface area contributed by atoms with Gasteiger partial charge in [0.15, 0.2) is 0 Å². The van der Waals surface area contributed by atoms with Crippen LogP contribution < -0.4 is 0 Å². The fourth-order valence-corrected chi connectivity index (χ4v) is 3.38. The summed E-state index contributed by atoms with van der Waals surface area (Å²) in [7, 11) is 0. The van der Waals surface area contributed by atoms with E-state index in [1.165, 1.54) is 0 Å². The van der Waals surface area contributed by atoms with Crippen molar-refractivity contribution in [3.05, 3.63) is 40.0 Å². The van der Waals surface area contributed by atoms with Gasteiger partial charge >= 0.3 is 12.1 Å². The summed E-state index contributed by atoms with van der Waals surface area (Å²) in [5.74, 6) is -0.891. The second kappa shape index (κ2) is 8.70. The van der Waals surface area contributed by atoms with Gasteiger partial charge < -0.3 is 14.7 Å². The van der Waals surface area contributed by atoms with E-state index < -0.39 is 5.97 Å². The summed E-state index contributed by atoms with van der Waals surface area (Å²) < 4.78 is 5.06. The van der Waals surface area contributed by atoms with Crippen molar-refractivity contribution in [2.75, 3.05) is 19.7 Å². The highest BCUT2D eigenvalue weighted by Gasteiger charge is 2.33. The molecular formula is C20H29NO4. The Morgan fingerprint density at radius 1 is 1.28 bits per heavy atom. The normalized spacial score (nSPS) is 14.6. The molecule has 0 saturated heterocycles. The number of fused-ring (bicyclic) bond motifs is 2. The number of hydrogen-bond donors (Lipinski definition) is 1. The summed E-state index contributed by atoms with van der Waals surface area (Å²) in [6.07, 6.45) is 1.12. The quantitative estimate of drug-likeness (QED) is 0.853. The molecule has 1 aliphatic heterocycles. The van der Waals surface area contributed by atoms with E-state index >= 15 is 0 Å². The van der Waals surface area contributed by atoms with Crippen molar-refractivity contribution in [3.63, 3.8) is 0 Å². The lowest BCUT2D eigenvalue weighted by Gasteiger charge is -2.28. The maximum atomic E-state index is 11.9. The molecule has 0 radical (unpaired) electrons. The molecule has 1 heterocycles. The van der Waals surface area contributed by atoms with Crippen molar-refractivity contribution in [1.29, 1.82) is 0 Å². The molecule has 1 amide bonds. The molecule has 1 aromatic carbocycles. The lowest BCUT2D eigenvalue weighted by molar-refractivity contribution is 0.0696. The molecule has 5 nitrogen and oxygen atoms in total. The molecule has 3 rings (SSSR count). The number of carbonyl (C=O) groups excluding carboxylic acids is 1. The highest BCUT2D eigenvalue weighted by Crippen LogP contribution is 2.41. The van der Waals surface area contributed by atoms with Crippen LogP contribution in [-0.2, 0) is 11.2 Å². The first-order valence-electron chi connectivity index (χ1n) is 8.51. The fraction of sp³-hybridized carbons (Fsp3) is 0.500. The summed E-state index contributed by atoms with van der Waals surface area (Å²) in [5.41, 5.74) is 5.71. The van der Waals surface area contributed by atoms with Crippen LogP contribution in [0.15, 0.2) is 17.7 Å². The van der Waals surface area contributed by atoms with Gasteiger partial charge in [0.2, 0.25) is 0 Å². The third-order valence-electron chi connectivity index (χ3n) is 4.44. The van der Waals surface area contributed by atoms with Crippen LogP contribution >= 0.6 is 0 Å². The van der Waals surface area contributed by atoms with Gasteiger partial charge in [-0.2, -0.15) is 0 Å². The molecule has 0 bridgehead atoms. The minimum atomic E-state index is -0.891.